The van der Waals surface area contributed by atoms with E-state index in [-0.39, 0.29) is 6.09 Å². The fourth-order valence-corrected chi connectivity index (χ4v) is 2.68. The molecule has 3 rings (SSSR count). The van der Waals surface area contributed by atoms with E-state index in [1.165, 1.54) is 0 Å². The van der Waals surface area contributed by atoms with Crippen LogP contribution in [0.15, 0.2) is 24.4 Å². The number of nitrogens with zero attached hydrogens (tertiary/aromatic N) is 2. The molecular weight excluding hydrogens is 268 g/mol. The van der Waals surface area contributed by atoms with Gasteiger partial charge in [0.15, 0.2) is 0 Å². The van der Waals surface area contributed by atoms with E-state index in [1.54, 1.807) is 4.90 Å². The van der Waals surface area contributed by atoms with Gasteiger partial charge in [0, 0.05) is 30.2 Å². The van der Waals surface area contributed by atoms with Crippen LogP contribution >= 0.6 is 0 Å². The van der Waals surface area contributed by atoms with Crippen molar-refractivity contribution in [1.29, 1.82) is 0 Å². The summed E-state index contributed by atoms with van der Waals surface area (Å²) in [6.07, 6.45) is 3.48. The second-order valence-corrected chi connectivity index (χ2v) is 5.28. The number of carbonyl (C=O) groups excluding carboxylic acids is 1. The molecule has 0 saturated carbocycles. The predicted octanol–water partition coefficient (Wildman–Crippen LogP) is 2.60. The summed E-state index contributed by atoms with van der Waals surface area (Å²) >= 11 is 0. The number of aromatic nitrogens is 2. The Labute approximate surface area is 123 Å². The van der Waals surface area contributed by atoms with Crippen molar-refractivity contribution in [3.8, 4) is 0 Å². The molecule has 6 nitrogen and oxygen atoms in total. The Kier molecular flexibility index (Phi) is 3.94. The summed E-state index contributed by atoms with van der Waals surface area (Å²) in [4.78, 5) is 13.4. The van der Waals surface area contributed by atoms with Crippen molar-refractivity contribution in [1.82, 2.24) is 15.1 Å². The van der Waals surface area contributed by atoms with Gasteiger partial charge in [-0.05, 0) is 38.0 Å². The van der Waals surface area contributed by atoms with Crippen LogP contribution in [0.2, 0.25) is 0 Å². The first kappa shape index (κ1) is 13.7. The monoisotopic (exact) mass is 288 g/mol. The van der Waals surface area contributed by atoms with E-state index < -0.39 is 0 Å². The van der Waals surface area contributed by atoms with Gasteiger partial charge in [0.05, 0.1) is 18.3 Å². The number of anilines is 1. The molecule has 1 aliphatic rings. The first-order valence-corrected chi connectivity index (χ1v) is 7.37. The first-order valence-electron chi connectivity index (χ1n) is 7.37. The Bertz CT molecular complexity index is 617. The molecule has 1 aromatic heterocycles. The molecule has 112 valence electrons. The fraction of sp³-hybridized carbons (Fsp3) is 0.467. The van der Waals surface area contributed by atoms with Crippen LogP contribution in [0.3, 0.4) is 0 Å². The molecule has 1 amide bonds. The average molecular weight is 288 g/mol. The summed E-state index contributed by atoms with van der Waals surface area (Å²) < 4.78 is 5.03. The highest BCUT2D eigenvalue weighted by Gasteiger charge is 2.23. The van der Waals surface area contributed by atoms with Crippen molar-refractivity contribution >= 4 is 22.7 Å². The Morgan fingerprint density at radius 3 is 3.05 bits per heavy atom. The Morgan fingerprint density at radius 1 is 1.48 bits per heavy atom. The van der Waals surface area contributed by atoms with Gasteiger partial charge >= 0.3 is 6.09 Å². The van der Waals surface area contributed by atoms with Crippen LogP contribution in [-0.2, 0) is 4.74 Å². The van der Waals surface area contributed by atoms with E-state index in [0.29, 0.717) is 12.6 Å². The van der Waals surface area contributed by atoms with Crippen LogP contribution in [0.4, 0.5) is 10.5 Å². The average Bonchev–Trinajstić information content (AvgIpc) is 2.96. The molecule has 2 N–H and O–H groups in total. The lowest BCUT2D eigenvalue weighted by Crippen LogP contribution is -2.42. The lowest BCUT2D eigenvalue weighted by Gasteiger charge is -2.32. The minimum absolute atomic E-state index is 0.199. The molecule has 1 fully saturated rings. The smallest absolute Gasteiger partial charge is 0.409 e. The van der Waals surface area contributed by atoms with Crippen LogP contribution in [0, 0.1) is 0 Å². The molecule has 1 aliphatic heterocycles. The lowest BCUT2D eigenvalue weighted by molar-refractivity contribution is 0.0983. The third kappa shape index (κ3) is 3.09. The van der Waals surface area contributed by atoms with Gasteiger partial charge in [-0.25, -0.2) is 4.79 Å². The number of likely N-dealkylation sites (tertiary alicyclic amines) is 1. The number of nitrogens with one attached hydrogen (secondary N) is 2. The fourth-order valence-electron chi connectivity index (χ4n) is 2.68. The quantitative estimate of drug-likeness (QED) is 0.910. The van der Waals surface area contributed by atoms with Crippen molar-refractivity contribution in [3.05, 3.63) is 24.4 Å². The lowest BCUT2D eigenvalue weighted by atomic mass is 10.0. The molecule has 0 unspecified atom stereocenters. The number of fused-ring (bicyclic) bond motifs is 1. The van der Waals surface area contributed by atoms with E-state index in [0.717, 1.165) is 42.5 Å². The highest BCUT2D eigenvalue weighted by atomic mass is 16.6. The number of hydrogen-bond acceptors (Lipinski definition) is 4. The van der Waals surface area contributed by atoms with Crippen LogP contribution in [0.1, 0.15) is 19.8 Å². The van der Waals surface area contributed by atoms with Gasteiger partial charge in [-0.1, -0.05) is 0 Å². The third-order valence-corrected chi connectivity index (χ3v) is 3.83. The predicted molar refractivity (Wildman–Crippen MR) is 81.3 cm³/mol. The zero-order valence-corrected chi connectivity index (χ0v) is 12.1. The molecule has 2 aromatic rings. The minimum atomic E-state index is -0.199. The highest BCUT2D eigenvalue weighted by Crippen LogP contribution is 2.20. The van der Waals surface area contributed by atoms with Crippen molar-refractivity contribution < 1.29 is 9.53 Å². The third-order valence-electron chi connectivity index (χ3n) is 3.83. The molecule has 0 atom stereocenters. The standard InChI is InChI=1S/C15H20N4O2/c1-2-21-15(20)19-7-5-12(6-8-19)17-13-4-3-11-10-16-18-14(11)9-13/h3-4,9-10,12,17H,2,5-8H2,1H3,(H,16,18). The Morgan fingerprint density at radius 2 is 2.29 bits per heavy atom. The summed E-state index contributed by atoms with van der Waals surface area (Å²) in [5, 5.41) is 11.6. The molecule has 1 saturated heterocycles. The van der Waals surface area contributed by atoms with Gasteiger partial charge in [0.2, 0.25) is 0 Å². The van der Waals surface area contributed by atoms with Gasteiger partial charge in [0.25, 0.3) is 0 Å². The van der Waals surface area contributed by atoms with Crippen LogP contribution in [0.25, 0.3) is 10.9 Å². The topological polar surface area (TPSA) is 70.2 Å². The molecule has 1 aromatic carbocycles. The number of rotatable bonds is 3. The zero-order chi connectivity index (χ0) is 14.7. The molecule has 6 heteroatoms. The van der Waals surface area contributed by atoms with E-state index in [2.05, 4.69) is 33.7 Å². The number of piperidine rings is 1. The number of carbonyl (C=O) groups is 1. The molecule has 0 aliphatic carbocycles. The van der Waals surface area contributed by atoms with Crippen molar-refractivity contribution in [2.75, 3.05) is 25.0 Å². The van der Waals surface area contributed by atoms with Crippen molar-refractivity contribution in [2.24, 2.45) is 0 Å². The number of benzene rings is 1. The van der Waals surface area contributed by atoms with Crippen LogP contribution in [0.5, 0.6) is 0 Å². The molecule has 2 heterocycles. The Balaban J connectivity index is 1.56. The van der Waals surface area contributed by atoms with Crippen LogP contribution in [-0.4, -0.2) is 46.9 Å². The van der Waals surface area contributed by atoms with Gasteiger partial charge in [-0.2, -0.15) is 5.10 Å². The summed E-state index contributed by atoms with van der Waals surface area (Å²) in [5.74, 6) is 0. The maximum atomic E-state index is 11.7. The van der Waals surface area contributed by atoms with E-state index >= 15 is 0 Å². The summed E-state index contributed by atoms with van der Waals surface area (Å²) in [7, 11) is 0. The minimum Gasteiger partial charge on any atom is -0.450 e. The number of aromatic amines is 1. The van der Waals surface area contributed by atoms with Crippen molar-refractivity contribution in [3.63, 3.8) is 0 Å². The number of H-pyrrole nitrogens is 1. The molecular formula is C15H20N4O2. The largest absolute Gasteiger partial charge is 0.450 e. The highest BCUT2D eigenvalue weighted by molar-refractivity contribution is 5.81. The maximum Gasteiger partial charge on any atom is 0.409 e. The Hall–Kier alpha value is -2.24. The normalized spacial score (nSPS) is 16.1. The maximum absolute atomic E-state index is 11.7. The molecule has 0 spiro atoms. The first-order chi connectivity index (χ1) is 10.3. The number of amides is 1. The van der Waals surface area contributed by atoms with E-state index in [4.69, 9.17) is 4.74 Å². The molecule has 21 heavy (non-hydrogen) atoms. The van der Waals surface area contributed by atoms with Gasteiger partial charge in [-0.3, -0.25) is 5.10 Å². The second-order valence-electron chi connectivity index (χ2n) is 5.28. The van der Waals surface area contributed by atoms with E-state index in [9.17, 15) is 4.79 Å². The SMILES string of the molecule is CCOC(=O)N1CCC(Nc2ccc3cn[nH]c3c2)CC1. The summed E-state index contributed by atoms with van der Waals surface area (Å²) in [6, 6.07) is 6.57. The molecule has 0 bridgehead atoms. The summed E-state index contributed by atoms with van der Waals surface area (Å²) in [6.45, 7) is 3.74. The summed E-state index contributed by atoms with van der Waals surface area (Å²) in [5.41, 5.74) is 2.12. The van der Waals surface area contributed by atoms with Gasteiger partial charge < -0.3 is 15.0 Å². The zero-order valence-electron chi connectivity index (χ0n) is 12.1. The van der Waals surface area contributed by atoms with Gasteiger partial charge in [-0.15, -0.1) is 0 Å². The second kappa shape index (κ2) is 6.03. The number of hydrogen-bond donors (Lipinski definition) is 2. The number of ether oxygens (including phenoxy) is 1. The van der Waals surface area contributed by atoms with Crippen LogP contribution < -0.4 is 5.32 Å². The van der Waals surface area contributed by atoms with E-state index in [1.807, 2.05) is 13.1 Å². The van der Waals surface area contributed by atoms with Gasteiger partial charge in [0.1, 0.15) is 0 Å². The molecule has 0 radical (unpaired) electrons. The van der Waals surface area contributed by atoms with Crippen molar-refractivity contribution in [2.45, 2.75) is 25.8 Å².